The van der Waals surface area contributed by atoms with E-state index in [-0.39, 0.29) is 19.1 Å². The molecule has 26 heavy (non-hydrogen) atoms. The fourth-order valence-electron chi connectivity index (χ4n) is 2.27. The molecule has 0 aliphatic heterocycles. The third-order valence-electron chi connectivity index (χ3n) is 3.51. The number of rotatable bonds is 8. The fourth-order valence-corrected chi connectivity index (χ4v) is 3.27. The van der Waals surface area contributed by atoms with Crippen LogP contribution in [0.25, 0.3) is 0 Å². The Labute approximate surface area is 155 Å². The summed E-state index contributed by atoms with van der Waals surface area (Å²) in [7, 11) is 0. The summed E-state index contributed by atoms with van der Waals surface area (Å²) >= 11 is 1.34. The van der Waals surface area contributed by atoms with E-state index in [2.05, 4.69) is 10.6 Å². The van der Waals surface area contributed by atoms with Crippen molar-refractivity contribution in [1.82, 2.24) is 0 Å². The number of esters is 1. The Morgan fingerprint density at radius 2 is 1.88 bits per heavy atom. The molecular weight excluding hydrogens is 354 g/mol. The van der Waals surface area contributed by atoms with E-state index in [0.717, 1.165) is 11.3 Å². The average Bonchev–Trinajstić information content (AvgIpc) is 3.03. The number of nitrogens with two attached hydrogens (primary N) is 1. The first-order valence-electron chi connectivity index (χ1n) is 8.18. The molecule has 1 heterocycles. The number of primary amides is 1. The third-order valence-corrected chi connectivity index (χ3v) is 4.71. The first-order valence-corrected chi connectivity index (χ1v) is 9.00. The van der Waals surface area contributed by atoms with E-state index >= 15 is 0 Å². The van der Waals surface area contributed by atoms with Crippen LogP contribution in [0.1, 0.15) is 39.4 Å². The molecule has 4 N–H and O–H groups in total. The highest BCUT2D eigenvalue weighted by atomic mass is 32.1. The molecule has 0 saturated carbocycles. The van der Waals surface area contributed by atoms with Crippen LogP contribution in [0.4, 0.5) is 10.7 Å². The maximum absolute atomic E-state index is 12.3. The maximum Gasteiger partial charge on any atom is 0.341 e. The predicted molar refractivity (Wildman–Crippen MR) is 102 cm³/mol. The molecular formula is C18H21N3O4S. The third kappa shape index (κ3) is 4.82. The molecule has 0 bridgehead atoms. The Hall–Kier alpha value is -2.87. The zero-order valence-corrected chi connectivity index (χ0v) is 15.4. The second kappa shape index (κ2) is 9.00. The number of benzene rings is 1. The van der Waals surface area contributed by atoms with Gasteiger partial charge in [-0.3, -0.25) is 9.59 Å². The summed E-state index contributed by atoms with van der Waals surface area (Å²) in [5.41, 5.74) is 6.44. The summed E-state index contributed by atoms with van der Waals surface area (Å²) in [6.45, 7) is 3.87. The Balaban J connectivity index is 2.07. The van der Waals surface area contributed by atoms with Crippen molar-refractivity contribution in [3.8, 4) is 0 Å². The van der Waals surface area contributed by atoms with Crippen molar-refractivity contribution in [2.24, 2.45) is 5.73 Å². The smallest absolute Gasteiger partial charge is 0.341 e. The minimum atomic E-state index is -0.580. The Morgan fingerprint density at radius 1 is 1.15 bits per heavy atom. The topological polar surface area (TPSA) is 111 Å². The van der Waals surface area contributed by atoms with Gasteiger partial charge in [0, 0.05) is 10.6 Å². The molecule has 0 atom stereocenters. The normalized spacial score (nSPS) is 10.2. The molecule has 2 amide bonds. The standard InChI is InChI=1S/C18H21N3O4S/c1-3-11-9-13(18(24)25-4-2)17(26-11)21-15(22)10-20-14-8-6-5-7-12(14)16(19)23/h5-9,20H,3-4,10H2,1-2H3,(H2,19,23)(H,21,22). The van der Waals surface area contributed by atoms with Gasteiger partial charge in [-0.2, -0.15) is 0 Å². The van der Waals surface area contributed by atoms with E-state index in [1.54, 1.807) is 37.3 Å². The quantitative estimate of drug-likeness (QED) is 0.614. The van der Waals surface area contributed by atoms with Crippen molar-refractivity contribution in [2.75, 3.05) is 23.8 Å². The molecule has 2 aromatic rings. The zero-order chi connectivity index (χ0) is 19.1. The van der Waals surface area contributed by atoms with E-state index in [9.17, 15) is 14.4 Å². The highest BCUT2D eigenvalue weighted by molar-refractivity contribution is 7.16. The molecule has 0 radical (unpaired) electrons. The molecule has 0 saturated heterocycles. The number of hydrogen-bond donors (Lipinski definition) is 3. The number of carbonyl (C=O) groups excluding carboxylic acids is 3. The number of ether oxygens (including phenoxy) is 1. The molecule has 1 aromatic heterocycles. The van der Waals surface area contributed by atoms with Crippen LogP contribution in [-0.2, 0) is 16.0 Å². The van der Waals surface area contributed by atoms with Gasteiger partial charge >= 0.3 is 5.97 Å². The molecule has 0 aliphatic rings. The lowest BCUT2D eigenvalue weighted by Crippen LogP contribution is -2.24. The molecule has 8 heteroatoms. The number of carbonyl (C=O) groups is 3. The number of amides is 2. The molecule has 1 aromatic carbocycles. The first-order chi connectivity index (χ1) is 12.5. The molecule has 7 nitrogen and oxygen atoms in total. The van der Waals surface area contributed by atoms with Gasteiger partial charge in [0.1, 0.15) is 5.00 Å². The Bertz CT molecular complexity index is 817. The van der Waals surface area contributed by atoms with Gasteiger partial charge in [0.05, 0.1) is 24.3 Å². The summed E-state index contributed by atoms with van der Waals surface area (Å²) in [5, 5.41) is 6.06. The zero-order valence-electron chi connectivity index (χ0n) is 14.6. The molecule has 138 valence electrons. The summed E-state index contributed by atoms with van der Waals surface area (Å²) in [4.78, 5) is 36.7. The average molecular weight is 375 g/mol. The second-order valence-corrected chi connectivity index (χ2v) is 6.48. The van der Waals surface area contributed by atoms with Gasteiger partial charge < -0.3 is 21.1 Å². The maximum atomic E-state index is 12.3. The van der Waals surface area contributed by atoms with E-state index in [0.29, 0.717) is 21.8 Å². The van der Waals surface area contributed by atoms with Crippen LogP contribution in [0.5, 0.6) is 0 Å². The van der Waals surface area contributed by atoms with Gasteiger partial charge in [-0.1, -0.05) is 19.1 Å². The van der Waals surface area contributed by atoms with Gasteiger partial charge in [-0.05, 0) is 31.5 Å². The summed E-state index contributed by atoms with van der Waals surface area (Å²) < 4.78 is 5.03. The van der Waals surface area contributed by atoms with Crippen molar-refractivity contribution >= 4 is 39.8 Å². The van der Waals surface area contributed by atoms with Crippen molar-refractivity contribution in [3.05, 3.63) is 46.3 Å². The highest BCUT2D eigenvalue weighted by Crippen LogP contribution is 2.29. The van der Waals surface area contributed by atoms with Gasteiger partial charge in [0.25, 0.3) is 5.91 Å². The highest BCUT2D eigenvalue weighted by Gasteiger charge is 2.18. The number of anilines is 2. The van der Waals surface area contributed by atoms with Crippen LogP contribution in [-0.4, -0.2) is 30.9 Å². The number of aryl methyl sites for hydroxylation is 1. The van der Waals surface area contributed by atoms with E-state index in [1.165, 1.54) is 11.3 Å². The van der Waals surface area contributed by atoms with Gasteiger partial charge in [-0.25, -0.2) is 4.79 Å². The molecule has 0 unspecified atom stereocenters. The molecule has 0 fully saturated rings. The number of nitrogens with one attached hydrogen (secondary N) is 2. The van der Waals surface area contributed by atoms with Crippen LogP contribution < -0.4 is 16.4 Å². The number of hydrogen-bond acceptors (Lipinski definition) is 6. The number of para-hydroxylation sites is 1. The Kier molecular flexibility index (Phi) is 6.74. The second-order valence-electron chi connectivity index (χ2n) is 5.34. The SMILES string of the molecule is CCOC(=O)c1cc(CC)sc1NC(=O)CNc1ccccc1C(N)=O. The van der Waals surface area contributed by atoms with Crippen LogP contribution in [0.3, 0.4) is 0 Å². The predicted octanol–water partition coefficient (Wildman–Crippen LogP) is 2.64. The van der Waals surface area contributed by atoms with Crippen LogP contribution in [0, 0.1) is 0 Å². The van der Waals surface area contributed by atoms with Crippen molar-refractivity contribution in [1.29, 1.82) is 0 Å². The molecule has 0 aliphatic carbocycles. The monoisotopic (exact) mass is 375 g/mol. The summed E-state index contributed by atoms with van der Waals surface area (Å²) in [6.07, 6.45) is 0.747. The van der Waals surface area contributed by atoms with Crippen molar-refractivity contribution in [3.63, 3.8) is 0 Å². The lowest BCUT2D eigenvalue weighted by Gasteiger charge is -2.10. The molecule has 2 rings (SSSR count). The lowest BCUT2D eigenvalue weighted by atomic mass is 10.1. The van der Waals surface area contributed by atoms with Gasteiger partial charge in [-0.15, -0.1) is 11.3 Å². The Morgan fingerprint density at radius 3 is 2.54 bits per heavy atom. The van der Waals surface area contributed by atoms with Crippen LogP contribution in [0.2, 0.25) is 0 Å². The van der Waals surface area contributed by atoms with Crippen LogP contribution in [0.15, 0.2) is 30.3 Å². The lowest BCUT2D eigenvalue weighted by molar-refractivity contribution is -0.114. The van der Waals surface area contributed by atoms with E-state index < -0.39 is 11.9 Å². The number of thiophene rings is 1. The van der Waals surface area contributed by atoms with Crippen molar-refractivity contribution in [2.45, 2.75) is 20.3 Å². The van der Waals surface area contributed by atoms with E-state index in [1.807, 2.05) is 6.92 Å². The fraction of sp³-hybridized carbons (Fsp3) is 0.278. The first kappa shape index (κ1) is 19.5. The minimum absolute atomic E-state index is 0.0775. The molecule has 0 spiro atoms. The van der Waals surface area contributed by atoms with E-state index in [4.69, 9.17) is 10.5 Å². The minimum Gasteiger partial charge on any atom is -0.462 e. The van der Waals surface area contributed by atoms with Crippen molar-refractivity contribution < 1.29 is 19.1 Å². The van der Waals surface area contributed by atoms with Gasteiger partial charge in [0.15, 0.2) is 0 Å². The van der Waals surface area contributed by atoms with Gasteiger partial charge in [0.2, 0.25) is 5.91 Å². The summed E-state index contributed by atoms with van der Waals surface area (Å²) in [5.74, 6) is -1.39. The largest absolute Gasteiger partial charge is 0.462 e. The summed E-state index contributed by atoms with van der Waals surface area (Å²) in [6, 6.07) is 8.40. The van der Waals surface area contributed by atoms with Crippen LogP contribution >= 0.6 is 11.3 Å².